The number of pyridine rings is 1. The van der Waals surface area contributed by atoms with Crippen LogP contribution in [0.15, 0.2) is 36.5 Å². The summed E-state index contributed by atoms with van der Waals surface area (Å²) in [6, 6.07) is 7.43. The molecule has 0 saturated heterocycles. The first-order valence-electron chi connectivity index (χ1n) is 5.62. The molecule has 1 unspecified atom stereocenters. The van der Waals surface area contributed by atoms with E-state index < -0.39 is 0 Å². The number of benzene rings is 1. The number of hydrogen-bond acceptors (Lipinski definition) is 3. The van der Waals surface area contributed by atoms with Crippen LogP contribution in [0.1, 0.15) is 17.3 Å². The van der Waals surface area contributed by atoms with Gasteiger partial charge in [0.2, 0.25) is 0 Å². The molecule has 1 aromatic carbocycles. The van der Waals surface area contributed by atoms with E-state index in [0.717, 1.165) is 5.56 Å². The van der Waals surface area contributed by atoms with E-state index >= 15 is 0 Å². The highest BCUT2D eigenvalue weighted by Gasteiger charge is 2.16. The molecule has 0 fully saturated rings. The first-order chi connectivity index (χ1) is 9.11. The Hall–Kier alpha value is -1.20. The standard InChI is InChI=1S/C13H12Cl2FN3/c14-10-2-1-5-18-13(10)12(19-17)6-8-3-4-9(16)7-11(8)15/h1-5,7,12,19H,6,17H2. The smallest absolute Gasteiger partial charge is 0.124 e. The van der Waals surface area contributed by atoms with Crippen LogP contribution in [0.25, 0.3) is 0 Å². The summed E-state index contributed by atoms with van der Waals surface area (Å²) in [6.07, 6.45) is 2.10. The average Bonchev–Trinajstić information content (AvgIpc) is 2.39. The Balaban J connectivity index is 2.27. The number of nitrogens with one attached hydrogen (secondary N) is 1. The van der Waals surface area contributed by atoms with Crippen LogP contribution in [-0.2, 0) is 6.42 Å². The zero-order valence-electron chi connectivity index (χ0n) is 9.91. The second-order valence-electron chi connectivity index (χ2n) is 4.03. The lowest BCUT2D eigenvalue weighted by atomic mass is 10.0. The SMILES string of the molecule is NNC(Cc1ccc(F)cc1Cl)c1ncccc1Cl. The molecular formula is C13H12Cl2FN3. The van der Waals surface area contributed by atoms with Crippen molar-refractivity contribution in [1.82, 2.24) is 10.4 Å². The maximum absolute atomic E-state index is 13.0. The summed E-state index contributed by atoms with van der Waals surface area (Å²) in [6.45, 7) is 0. The third-order valence-electron chi connectivity index (χ3n) is 2.76. The van der Waals surface area contributed by atoms with Crippen LogP contribution < -0.4 is 11.3 Å². The summed E-state index contributed by atoms with van der Waals surface area (Å²) >= 11 is 12.1. The number of hydrogen-bond donors (Lipinski definition) is 2. The van der Waals surface area contributed by atoms with E-state index in [0.29, 0.717) is 22.2 Å². The van der Waals surface area contributed by atoms with Gasteiger partial charge in [-0.25, -0.2) is 4.39 Å². The Morgan fingerprint density at radius 3 is 2.68 bits per heavy atom. The first kappa shape index (κ1) is 14.2. The minimum absolute atomic E-state index is 0.295. The van der Waals surface area contributed by atoms with Gasteiger partial charge in [0.25, 0.3) is 0 Å². The molecule has 1 atom stereocenters. The van der Waals surface area contributed by atoms with Crippen molar-refractivity contribution in [3.8, 4) is 0 Å². The molecule has 0 saturated carbocycles. The fourth-order valence-electron chi connectivity index (χ4n) is 1.80. The summed E-state index contributed by atoms with van der Waals surface area (Å²) in [5.41, 5.74) is 4.05. The van der Waals surface area contributed by atoms with E-state index in [1.165, 1.54) is 12.1 Å². The van der Waals surface area contributed by atoms with Crippen molar-refractivity contribution in [3.63, 3.8) is 0 Å². The Morgan fingerprint density at radius 1 is 1.26 bits per heavy atom. The summed E-state index contributed by atoms with van der Waals surface area (Å²) in [5.74, 6) is 5.16. The maximum Gasteiger partial charge on any atom is 0.124 e. The van der Waals surface area contributed by atoms with Crippen molar-refractivity contribution in [1.29, 1.82) is 0 Å². The fourth-order valence-corrected chi connectivity index (χ4v) is 2.29. The predicted molar refractivity (Wildman–Crippen MR) is 74.4 cm³/mol. The molecule has 19 heavy (non-hydrogen) atoms. The summed E-state index contributed by atoms with van der Waals surface area (Å²) < 4.78 is 13.0. The number of nitrogens with two attached hydrogens (primary N) is 1. The van der Waals surface area contributed by atoms with Gasteiger partial charge in [0.05, 0.1) is 16.8 Å². The quantitative estimate of drug-likeness (QED) is 0.673. The van der Waals surface area contributed by atoms with Crippen LogP contribution in [0.2, 0.25) is 10.0 Å². The lowest BCUT2D eigenvalue weighted by Crippen LogP contribution is -2.30. The highest BCUT2D eigenvalue weighted by Crippen LogP contribution is 2.26. The van der Waals surface area contributed by atoms with Crippen LogP contribution in [0.5, 0.6) is 0 Å². The normalized spacial score (nSPS) is 12.4. The molecule has 0 aliphatic heterocycles. The van der Waals surface area contributed by atoms with Gasteiger partial charge in [0.1, 0.15) is 5.82 Å². The van der Waals surface area contributed by atoms with Crippen molar-refractivity contribution in [2.75, 3.05) is 0 Å². The van der Waals surface area contributed by atoms with Crippen molar-refractivity contribution >= 4 is 23.2 Å². The van der Waals surface area contributed by atoms with E-state index in [-0.39, 0.29) is 11.9 Å². The van der Waals surface area contributed by atoms with Gasteiger partial charge in [-0.2, -0.15) is 0 Å². The van der Waals surface area contributed by atoms with Crippen LogP contribution >= 0.6 is 23.2 Å². The van der Waals surface area contributed by atoms with E-state index in [2.05, 4.69) is 10.4 Å². The van der Waals surface area contributed by atoms with E-state index in [4.69, 9.17) is 29.0 Å². The number of rotatable bonds is 4. The lowest BCUT2D eigenvalue weighted by molar-refractivity contribution is 0.538. The van der Waals surface area contributed by atoms with Crippen LogP contribution in [0.3, 0.4) is 0 Å². The Kier molecular flexibility index (Phi) is 4.71. The molecule has 2 rings (SSSR count). The second-order valence-corrected chi connectivity index (χ2v) is 4.84. The zero-order chi connectivity index (χ0) is 13.8. The fraction of sp³-hybridized carbons (Fsp3) is 0.154. The van der Waals surface area contributed by atoms with Gasteiger partial charge >= 0.3 is 0 Å². The molecule has 3 N–H and O–H groups in total. The van der Waals surface area contributed by atoms with Crippen LogP contribution in [0, 0.1) is 5.82 Å². The molecule has 3 nitrogen and oxygen atoms in total. The van der Waals surface area contributed by atoms with Gasteiger partial charge in [0, 0.05) is 11.2 Å². The highest BCUT2D eigenvalue weighted by atomic mass is 35.5. The molecule has 0 amide bonds. The molecule has 1 aromatic heterocycles. The molecule has 0 aliphatic rings. The number of nitrogens with zero attached hydrogens (tertiary/aromatic N) is 1. The van der Waals surface area contributed by atoms with Gasteiger partial charge in [0.15, 0.2) is 0 Å². The van der Waals surface area contributed by atoms with Gasteiger partial charge in [-0.3, -0.25) is 16.3 Å². The van der Waals surface area contributed by atoms with E-state index in [1.54, 1.807) is 24.4 Å². The average molecular weight is 300 g/mol. The maximum atomic E-state index is 13.0. The Bertz CT molecular complexity index is 578. The monoisotopic (exact) mass is 299 g/mol. The molecule has 6 heteroatoms. The topological polar surface area (TPSA) is 50.9 Å². The largest absolute Gasteiger partial charge is 0.271 e. The van der Waals surface area contributed by atoms with Crippen molar-refractivity contribution in [3.05, 3.63) is 63.6 Å². The third-order valence-corrected chi connectivity index (χ3v) is 3.43. The predicted octanol–water partition coefficient (Wildman–Crippen LogP) is 3.27. The Labute approximate surface area is 120 Å². The van der Waals surface area contributed by atoms with Crippen molar-refractivity contribution < 1.29 is 4.39 Å². The minimum atomic E-state index is -0.373. The van der Waals surface area contributed by atoms with Gasteiger partial charge in [-0.05, 0) is 36.2 Å². The van der Waals surface area contributed by atoms with Crippen molar-refractivity contribution in [2.24, 2.45) is 5.84 Å². The number of halogens is 3. The first-order valence-corrected chi connectivity index (χ1v) is 6.38. The molecule has 0 aliphatic carbocycles. The van der Waals surface area contributed by atoms with Gasteiger partial charge in [-0.1, -0.05) is 29.3 Å². The molecular weight excluding hydrogens is 288 g/mol. The summed E-state index contributed by atoms with van der Waals surface area (Å²) in [4.78, 5) is 4.20. The van der Waals surface area contributed by atoms with Gasteiger partial charge in [-0.15, -0.1) is 0 Å². The minimum Gasteiger partial charge on any atom is -0.271 e. The highest BCUT2D eigenvalue weighted by molar-refractivity contribution is 6.31. The molecule has 0 spiro atoms. The molecule has 0 radical (unpaired) electrons. The molecule has 0 bridgehead atoms. The second kappa shape index (κ2) is 6.30. The lowest BCUT2D eigenvalue weighted by Gasteiger charge is -2.17. The number of hydrazine groups is 1. The zero-order valence-corrected chi connectivity index (χ0v) is 11.4. The van der Waals surface area contributed by atoms with Crippen LogP contribution in [0.4, 0.5) is 4.39 Å². The summed E-state index contributed by atoms with van der Waals surface area (Å²) in [5, 5.41) is 0.871. The Morgan fingerprint density at radius 2 is 2.05 bits per heavy atom. The van der Waals surface area contributed by atoms with Crippen LogP contribution in [-0.4, -0.2) is 4.98 Å². The van der Waals surface area contributed by atoms with Gasteiger partial charge < -0.3 is 0 Å². The number of aromatic nitrogens is 1. The van der Waals surface area contributed by atoms with E-state index in [9.17, 15) is 4.39 Å². The van der Waals surface area contributed by atoms with Crippen molar-refractivity contribution in [2.45, 2.75) is 12.5 Å². The van der Waals surface area contributed by atoms with E-state index in [1.807, 2.05) is 0 Å². The summed E-state index contributed by atoms with van der Waals surface area (Å²) in [7, 11) is 0. The molecule has 100 valence electrons. The molecule has 2 aromatic rings. The third kappa shape index (κ3) is 3.42. The molecule has 1 heterocycles.